The van der Waals surface area contributed by atoms with E-state index in [1.807, 2.05) is 19.9 Å². The van der Waals surface area contributed by atoms with Crippen LogP contribution in [0.25, 0.3) is 28.1 Å². The van der Waals surface area contributed by atoms with Crippen LogP contribution in [0.15, 0.2) is 58.5 Å². The second-order valence-corrected chi connectivity index (χ2v) is 11.2. The van der Waals surface area contributed by atoms with E-state index >= 15 is 4.39 Å². The highest BCUT2D eigenvalue weighted by molar-refractivity contribution is 5.91. The summed E-state index contributed by atoms with van der Waals surface area (Å²) in [6.07, 6.45) is 1.37. The van der Waals surface area contributed by atoms with E-state index in [1.165, 1.54) is 6.07 Å². The van der Waals surface area contributed by atoms with Gasteiger partial charge in [-0.05, 0) is 49.4 Å². The Bertz CT molecular complexity index is 2010. The van der Waals surface area contributed by atoms with Crippen LogP contribution in [0.2, 0.25) is 0 Å². The topological polar surface area (TPSA) is 134 Å². The van der Waals surface area contributed by atoms with Gasteiger partial charge in [-0.1, -0.05) is 26.5 Å². The second-order valence-electron chi connectivity index (χ2n) is 11.2. The fourth-order valence-electron chi connectivity index (χ4n) is 5.98. The van der Waals surface area contributed by atoms with Gasteiger partial charge in [0.25, 0.3) is 5.91 Å². The predicted octanol–water partition coefficient (Wildman–Crippen LogP) is 4.95. The molecular weight excluding hydrogens is 589 g/mol. The number of aryl methyl sites for hydroxylation is 1. The number of halogens is 3. The molecule has 1 aliphatic heterocycles. The van der Waals surface area contributed by atoms with Gasteiger partial charge in [-0.15, -0.1) is 0 Å². The molecule has 0 radical (unpaired) electrons. The van der Waals surface area contributed by atoms with Crippen LogP contribution in [0, 0.1) is 29.9 Å². The summed E-state index contributed by atoms with van der Waals surface area (Å²) in [7, 11) is 0. The van der Waals surface area contributed by atoms with Gasteiger partial charge in [-0.3, -0.25) is 28.5 Å². The number of phenolic OH excluding ortho intramolecular Hbond substituents is 1. The van der Waals surface area contributed by atoms with Crippen molar-refractivity contribution in [2.75, 3.05) is 6.54 Å². The van der Waals surface area contributed by atoms with Gasteiger partial charge in [0.05, 0.1) is 35.0 Å². The van der Waals surface area contributed by atoms with Crippen LogP contribution in [0.1, 0.15) is 56.3 Å². The number of benzene rings is 1. The maximum absolute atomic E-state index is 15.9. The van der Waals surface area contributed by atoms with E-state index in [9.17, 15) is 33.5 Å². The molecule has 4 heterocycles. The smallest absolute Gasteiger partial charge is 0.322 e. The molecule has 1 amide bonds. The van der Waals surface area contributed by atoms with Gasteiger partial charge in [0.1, 0.15) is 17.3 Å². The highest BCUT2D eigenvalue weighted by Crippen LogP contribution is 2.36. The number of carbonyl (C=O) groups is 1. The molecule has 10 nitrogen and oxygen atoms in total. The number of likely N-dealkylation sites (tertiary alicyclic amines) is 1. The summed E-state index contributed by atoms with van der Waals surface area (Å²) in [6, 6.07) is 6.30. The molecule has 4 aromatic rings. The van der Waals surface area contributed by atoms with Crippen LogP contribution >= 0.6 is 0 Å². The molecule has 1 aromatic carbocycles. The van der Waals surface area contributed by atoms with Gasteiger partial charge in [0.2, 0.25) is 0 Å². The molecule has 5 rings (SSSR count). The Morgan fingerprint density at radius 2 is 1.93 bits per heavy atom. The van der Waals surface area contributed by atoms with Crippen molar-refractivity contribution in [2.45, 2.75) is 58.0 Å². The third-order valence-corrected chi connectivity index (χ3v) is 8.04. The van der Waals surface area contributed by atoms with Crippen molar-refractivity contribution in [1.82, 2.24) is 24.0 Å². The number of nitrogens with zero attached hydrogens (tertiary/aromatic N) is 6. The van der Waals surface area contributed by atoms with E-state index in [0.717, 1.165) is 32.2 Å². The molecule has 1 saturated heterocycles. The summed E-state index contributed by atoms with van der Waals surface area (Å²) in [5, 5.41) is 19.9. The highest BCUT2D eigenvalue weighted by Gasteiger charge is 2.36. The zero-order valence-electron chi connectivity index (χ0n) is 24.7. The van der Waals surface area contributed by atoms with Gasteiger partial charge >= 0.3 is 11.1 Å². The molecule has 3 aromatic heterocycles. The highest BCUT2D eigenvalue weighted by atomic mass is 19.1. The molecule has 0 aliphatic carbocycles. The molecule has 1 fully saturated rings. The number of nitriles is 1. The summed E-state index contributed by atoms with van der Waals surface area (Å²) >= 11 is 0. The Kier molecular flexibility index (Phi) is 8.34. The largest absolute Gasteiger partial charge is 0.507 e. The Labute approximate surface area is 255 Å². The Hall–Kier alpha value is -5.25. The number of rotatable bonds is 6. The first-order chi connectivity index (χ1) is 21.4. The average molecular weight is 619 g/mol. The van der Waals surface area contributed by atoms with Crippen LogP contribution in [0.5, 0.6) is 5.75 Å². The maximum atomic E-state index is 15.9. The average Bonchev–Trinajstić information content (AvgIpc) is 2.98. The van der Waals surface area contributed by atoms with E-state index in [4.69, 9.17) is 0 Å². The number of hydrogen-bond acceptors (Lipinski definition) is 7. The Morgan fingerprint density at radius 3 is 2.58 bits per heavy atom. The Balaban J connectivity index is 1.85. The van der Waals surface area contributed by atoms with Crippen molar-refractivity contribution < 1.29 is 23.1 Å². The normalized spacial score (nSPS) is 16.6. The number of carbonyl (C=O) groups excluding carboxylic acids is 1. The minimum atomic E-state index is -1.20. The summed E-state index contributed by atoms with van der Waals surface area (Å²) in [5.41, 5.74) is -2.27. The quantitative estimate of drug-likeness (QED) is 0.239. The van der Waals surface area contributed by atoms with Gasteiger partial charge in [0.15, 0.2) is 17.3 Å². The monoisotopic (exact) mass is 618 g/mol. The molecule has 1 unspecified atom stereocenters. The standard InChI is InChI=1S/C32H29F3N6O4/c1-16(2)26-28(17(3)9-12-37-26)41-29-23(15-22(35)27(38-29)25-21(34)6-5-7-24(25)42)40(31(44)32(41)45)20-10-13-39(30(43)18(4)33)19(14-20)8-11-36/h5-7,9,12,15-16,19-20,42H,4,8,10,13-14H2,1-3H3/t19-,20?/m0/s1. The van der Waals surface area contributed by atoms with Gasteiger partial charge < -0.3 is 10.0 Å². The second kappa shape index (κ2) is 12.0. The SMILES string of the molecule is C=C(F)C(=O)N1CCC(n2c(=O)c(=O)n(-c3c(C)ccnc3C(C)C)c3nc(-c4c(O)cccc4F)c(F)cc32)C[C@@H]1CC#N. The number of hydrogen-bond donors (Lipinski definition) is 1. The van der Waals surface area contributed by atoms with E-state index in [-0.39, 0.29) is 48.6 Å². The lowest BCUT2D eigenvalue weighted by Crippen LogP contribution is -2.50. The molecule has 2 atom stereocenters. The molecule has 232 valence electrons. The number of aromatic hydroxyl groups is 1. The summed E-state index contributed by atoms with van der Waals surface area (Å²) in [4.78, 5) is 50.5. The van der Waals surface area contributed by atoms with Gasteiger partial charge in [-0.25, -0.2) is 18.2 Å². The number of phenols is 1. The van der Waals surface area contributed by atoms with Crippen LogP contribution in [-0.4, -0.2) is 47.6 Å². The van der Waals surface area contributed by atoms with Crippen LogP contribution in [-0.2, 0) is 4.79 Å². The minimum absolute atomic E-state index is 0.0360. The van der Waals surface area contributed by atoms with Crippen LogP contribution in [0.3, 0.4) is 0 Å². The van der Waals surface area contributed by atoms with Crippen molar-refractivity contribution in [3.05, 3.63) is 92.5 Å². The number of piperidine rings is 1. The summed E-state index contributed by atoms with van der Waals surface area (Å²) in [5.74, 6) is -5.05. The lowest BCUT2D eigenvalue weighted by molar-refractivity contribution is -0.132. The van der Waals surface area contributed by atoms with E-state index in [1.54, 1.807) is 19.2 Å². The van der Waals surface area contributed by atoms with Gasteiger partial charge in [0, 0.05) is 30.9 Å². The van der Waals surface area contributed by atoms with Crippen molar-refractivity contribution >= 4 is 17.1 Å². The third kappa shape index (κ3) is 5.37. The van der Waals surface area contributed by atoms with Crippen molar-refractivity contribution in [2.24, 2.45) is 0 Å². The molecule has 0 spiro atoms. The minimum Gasteiger partial charge on any atom is -0.507 e. The molecular formula is C32H29F3N6O4. The molecule has 0 saturated carbocycles. The zero-order chi connectivity index (χ0) is 32.7. The first-order valence-corrected chi connectivity index (χ1v) is 14.2. The molecule has 13 heteroatoms. The van der Waals surface area contributed by atoms with E-state index < -0.39 is 63.6 Å². The lowest BCUT2D eigenvalue weighted by atomic mass is 9.94. The Morgan fingerprint density at radius 1 is 1.20 bits per heavy atom. The number of amides is 1. The fourth-order valence-corrected chi connectivity index (χ4v) is 5.98. The third-order valence-electron chi connectivity index (χ3n) is 8.04. The lowest BCUT2D eigenvalue weighted by Gasteiger charge is -2.39. The summed E-state index contributed by atoms with van der Waals surface area (Å²) < 4.78 is 46.8. The summed E-state index contributed by atoms with van der Waals surface area (Å²) in [6.45, 7) is 8.36. The van der Waals surface area contributed by atoms with E-state index in [0.29, 0.717) is 11.3 Å². The molecule has 1 N–H and O–H groups in total. The zero-order valence-corrected chi connectivity index (χ0v) is 24.7. The van der Waals surface area contributed by atoms with Crippen molar-refractivity contribution in [3.8, 4) is 28.8 Å². The maximum Gasteiger partial charge on any atom is 0.322 e. The molecule has 0 bridgehead atoms. The first kappa shape index (κ1) is 31.2. The number of fused-ring (bicyclic) bond motifs is 1. The van der Waals surface area contributed by atoms with E-state index in [2.05, 4.69) is 16.5 Å². The van der Waals surface area contributed by atoms with Crippen molar-refractivity contribution in [3.63, 3.8) is 0 Å². The number of pyridine rings is 2. The van der Waals surface area contributed by atoms with Crippen LogP contribution < -0.4 is 11.1 Å². The van der Waals surface area contributed by atoms with Crippen LogP contribution in [0.4, 0.5) is 13.2 Å². The molecule has 45 heavy (non-hydrogen) atoms. The number of aromatic nitrogens is 4. The van der Waals surface area contributed by atoms with Crippen molar-refractivity contribution in [1.29, 1.82) is 5.26 Å². The first-order valence-electron chi connectivity index (χ1n) is 14.2. The molecule has 1 aliphatic rings. The predicted molar refractivity (Wildman–Crippen MR) is 159 cm³/mol. The van der Waals surface area contributed by atoms with Gasteiger partial charge in [-0.2, -0.15) is 5.26 Å². The fraction of sp³-hybridized carbons (Fsp3) is 0.312.